The number of fused-ring (bicyclic) bond motifs is 5. The Balaban J connectivity index is 1.91. The molecule has 0 bridgehead atoms. The number of aromatic amines is 1. The Hall–Kier alpha value is -2.34. The van der Waals surface area contributed by atoms with Crippen LogP contribution in [0.15, 0.2) is 24.3 Å². The molecule has 4 rings (SSSR count). The summed E-state index contributed by atoms with van der Waals surface area (Å²) in [6.45, 7) is 2.44. The van der Waals surface area contributed by atoms with Gasteiger partial charge in [0.25, 0.3) is 5.91 Å². The van der Waals surface area contributed by atoms with Crippen LogP contribution in [-0.4, -0.2) is 57.9 Å². The number of hydrogen-bond acceptors (Lipinski definition) is 3. The number of benzene rings is 1. The lowest BCUT2D eigenvalue weighted by molar-refractivity contribution is -0.166. The number of nitrogens with one attached hydrogen (secondary N) is 1. The maximum Gasteiger partial charge on any atom is 0.255 e. The Morgan fingerprint density at radius 1 is 1.30 bits per heavy atom. The Kier molecular flexibility index (Phi) is 2.99. The van der Waals surface area contributed by atoms with Crippen LogP contribution in [0.1, 0.15) is 18.2 Å². The van der Waals surface area contributed by atoms with Crippen LogP contribution in [0.2, 0.25) is 0 Å². The lowest BCUT2D eigenvalue weighted by Gasteiger charge is -2.49. The second-order valence-electron chi connectivity index (χ2n) is 6.34. The quantitative estimate of drug-likeness (QED) is 0.852. The molecule has 23 heavy (non-hydrogen) atoms. The average Bonchev–Trinajstić information content (AvgIpc) is 2.93. The molecule has 3 heterocycles. The molecular weight excluding hydrogens is 294 g/mol. The average molecular weight is 313 g/mol. The van der Waals surface area contributed by atoms with Gasteiger partial charge in [-0.15, -0.1) is 0 Å². The first-order valence-corrected chi connectivity index (χ1v) is 7.88. The molecule has 1 saturated heterocycles. The number of aromatic nitrogens is 1. The molecule has 0 radical (unpaired) electrons. The minimum atomic E-state index is -1.02. The molecule has 0 saturated carbocycles. The Morgan fingerprint density at radius 3 is 2.87 bits per heavy atom. The molecule has 1 fully saturated rings. The van der Waals surface area contributed by atoms with E-state index in [1.165, 1.54) is 4.90 Å². The number of β-amino-alcohol motifs (C(OH)–C–C–N with tert-alkyl or cyclic N) is 1. The van der Waals surface area contributed by atoms with Crippen molar-refractivity contribution in [2.24, 2.45) is 0 Å². The third-order valence-corrected chi connectivity index (χ3v) is 5.13. The standard InChI is InChI=1S/C17H19N3O3/c1-17-15-12(11-4-2-3-5-13(11)18-15)6-7-20(17)14(22)10-19(8-9-21)16(17)23/h2-5,18,21H,6-10H2,1H3. The van der Waals surface area contributed by atoms with E-state index in [-0.39, 0.29) is 31.5 Å². The minimum Gasteiger partial charge on any atom is -0.395 e. The molecule has 1 atom stereocenters. The summed E-state index contributed by atoms with van der Waals surface area (Å²) >= 11 is 0. The van der Waals surface area contributed by atoms with Gasteiger partial charge >= 0.3 is 0 Å². The number of amides is 2. The SMILES string of the molecule is CC12C(=O)N(CCO)CC(=O)N1CCc1c2[nH]c2ccccc12. The number of piperazine rings is 1. The molecule has 2 aliphatic heterocycles. The largest absolute Gasteiger partial charge is 0.395 e. The van der Waals surface area contributed by atoms with E-state index in [0.29, 0.717) is 6.54 Å². The van der Waals surface area contributed by atoms with E-state index in [1.807, 2.05) is 31.2 Å². The van der Waals surface area contributed by atoms with Crippen molar-refractivity contribution in [1.29, 1.82) is 0 Å². The third kappa shape index (κ3) is 1.78. The second kappa shape index (κ2) is 4.83. The predicted octanol–water partition coefficient (Wildman–Crippen LogP) is 0.602. The molecule has 2 amide bonds. The van der Waals surface area contributed by atoms with Crippen molar-refractivity contribution in [3.05, 3.63) is 35.5 Å². The Morgan fingerprint density at radius 2 is 2.09 bits per heavy atom. The van der Waals surface area contributed by atoms with Crippen LogP contribution >= 0.6 is 0 Å². The molecule has 2 aromatic rings. The van der Waals surface area contributed by atoms with Crippen LogP contribution in [0.25, 0.3) is 10.9 Å². The molecule has 0 aliphatic carbocycles. The number of rotatable bonds is 2. The lowest BCUT2D eigenvalue weighted by Crippen LogP contribution is -2.67. The smallest absolute Gasteiger partial charge is 0.255 e. The molecule has 1 unspecified atom stereocenters. The first kappa shape index (κ1) is 14.3. The molecule has 0 spiro atoms. The summed E-state index contributed by atoms with van der Waals surface area (Å²) in [5.74, 6) is -0.191. The molecule has 120 valence electrons. The Bertz CT molecular complexity index is 813. The number of hydrogen-bond donors (Lipinski definition) is 2. The lowest BCUT2D eigenvalue weighted by atomic mass is 9.83. The number of carbonyl (C=O) groups excluding carboxylic acids is 2. The van der Waals surface area contributed by atoms with Crippen LogP contribution in [0.3, 0.4) is 0 Å². The summed E-state index contributed by atoms with van der Waals surface area (Å²) in [6.07, 6.45) is 0.744. The van der Waals surface area contributed by atoms with Crippen molar-refractivity contribution in [2.45, 2.75) is 18.9 Å². The van der Waals surface area contributed by atoms with Gasteiger partial charge in [0.1, 0.15) is 0 Å². The molecule has 2 N–H and O–H groups in total. The zero-order valence-corrected chi connectivity index (χ0v) is 13.0. The predicted molar refractivity (Wildman–Crippen MR) is 84.7 cm³/mol. The number of nitrogens with zero attached hydrogens (tertiary/aromatic N) is 2. The second-order valence-corrected chi connectivity index (χ2v) is 6.34. The fraction of sp³-hybridized carbons (Fsp3) is 0.412. The van der Waals surface area contributed by atoms with E-state index in [9.17, 15) is 14.7 Å². The highest BCUT2D eigenvalue weighted by molar-refractivity contribution is 6.00. The summed E-state index contributed by atoms with van der Waals surface area (Å²) in [4.78, 5) is 32.1. The van der Waals surface area contributed by atoms with Gasteiger partial charge in [0.15, 0.2) is 5.54 Å². The monoisotopic (exact) mass is 313 g/mol. The third-order valence-electron chi connectivity index (χ3n) is 5.13. The molecule has 6 nitrogen and oxygen atoms in total. The van der Waals surface area contributed by atoms with E-state index in [2.05, 4.69) is 4.98 Å². The Labute approximate surface area is 133 Å². The summed E-state index contributed by atoms with van der Waals surface area (Å²) in [6, 6.07) is 7.97. The summed E-state index contributed by atoms with van der Waals surface area (Å²) in [5, 5.41) is 10.3. The summed E-state index contributed by atoms with van der Waals surface area (Å²) in [5.41, 5.74) is 1.90. The molecule has 6 heteroatoms. The normalized spacial score (nSPS) is 24.1. The van der Waals surface area contributed by atoms with Gasteiger partial charge in [-0.3, -0.25) is 9.59 Å². The number of para-hydroxylation sites is 1. The summed E-state index contributed by atoms with van der Waals surface area (Å²) in [7, 11) is 0. The summed E-state index contributed by atoms with van der Waals surface area (Å²) < 4.78 is 0. The number of H-pyrrole nitrogens is 1. The van der Waals surface area contributed by atoms with Crippen LogP contribution in [0.5, 0.6) is 0 Å². The zero-order chi connectivity index (χ0) is 16.2. The van der Waals surface area contributed by atoms with Crippen LogP contribution in [0, 0.1) is 0 Å². The van der Waals surface area contributed by atoms with Gasteiger partial charge in [-0.05, 0) is 25.0 Å². The van der Waals surface area contributed by atoms with Crippen LogP contribution in [-0.2, 0) is 21.5 Å². The van der Waals surface area contributed by atoms with Gasteiger partial charge in [0, 0.05) is 24.0 Å². The van der Waals surface area contributed by atoms with E-state index in [0.717, 1.165) is 28.6 Å². The van der Waals surface area contributed by atoms with Gasteiger partial charge in [0.2, 0.25) is 5.91 Å². The number of aliphatic hydroxyl groups is 1. The molecule has 1 aromatic carbocycles. The number of aliphatic hydroxyl groups excluding tert-OH is 1. The molecular formula is C17H19N3O3. The van der Waals surface area contributed by atoms with Crippen molar-refractivity contribution in [2.75, 3.05) is 26.2 Å². The first-order valence-electron chi connectivity index (χ1n) is 7.88. The highest BCUT2D eigenvalue weighted by atomic mass is 16.3. The first-order chi connectivity index (χ1) is 11.1. The van der Waals surface area contributed by atoms with E-state index in [4.69, 9.17) is 0 Å². The maximum atomic E-state index is 13.1. The van der Waals surface area contributed by atoms with Gasteiger partial charge in [-0.1, -0.05) is 18.2 Å². The van der Waals surface area contributed by atoms with Gasteiger partial charge in [-0.2, -0.15) is 0 Å². The van der Waals surface area contributed by atoms with Gasteiger partial charge in [0.05, 0.1) is 18.8 Å². The fourth-order valence-corrected chi connectivity index (χ4v) is 3.98. The maximum absolute atomic E-state index is 13.1. The van der Waals surface area contributed by atoms with Crippen molar-refractivity contribution in [1.82, 2.24) is 14.8 Å². The minimum absolute atomic E-state index is 0.0462. The van der Waals surface area contributed by atoms with Crippen molar-refractivity contribution >= 4 is 22.7 Å². The van der Waals surface area contributed by atoms with Gasteiger partial charge in [-0.25, -0.2) is 0 Å². The van der Waals surface area contributed by atoms with Crippen LogP contribution in [0.4, 0.5) is 0 Å². The van der Waals surface area contributed by atoms with Crippen LogP contribution < -0.4 is 0 Å². The number of carbonyl (C=O) groups is 2. The van der Waals surface area contributed by atoms with E-state index < -0.39 is 5.54 Å². The topological polar surface area (TPSA) is 76.6 Å². The fourth-order valence-electron chi connectivity index (χ4n) is 3.98. The zero-order valence-electron chi connectivity index (χ0n) is 13.0. The van der Waals surface area contributed by atoms with Crippen molar-refractivity contribution < 1.29 is 14.7 Å². The van der Waals surface area contributed by atoms with E-state index >= 15 is 0 Å². The highest BCUT2D eigenvalue weighted by Gasteiger charge is 2.53. The van der Waals surface area contributed by atoms with Crippen molar-refractivity contribution in [3.8, 4) is 0 Å². The molecule has 2 aliphatic rings. The van der Waals surface area contributed by atoms with Crippen molar-refractivity contribution in [3.63, 3.8) is 0 Å². The van der Waals surface area contributed by atoms with E-state index in [1.54, 1.807) is 4.90 Å². The molecule has 1 aromatic heterocycles. The highest BCUT2D eigenvalue weighted by Crippen LogP contribution is 2.41. The van der Waals surface area contributed by atoms with Gasteiger partial charge < -0.3 is 19.9 Å².